The molecule has 2 aliphatic heterocycles. The summed E-state index contributed by atoms with van der Waals surface area (Å²) in [5.41, 5.74) is 3.41. The van der Waals surface area contributed by atoms with Crippen molar-refractivity contribution in [2.45, 2.75) is 63.8 Å². The van der Waals surface area contributed by atoms with Crippen molar-refractivity contribution in [3.63, 3.8) is 0 Å². The van der Waals surface area contributed by atoms with Crippen molar-refractivity contribution in [1.29, 1.82) is 0 Å². The number of hydrogen-bond donors (Lipinski definition) is 0. The summed E-state index contributed by atoms with van der Waals surface area (Å²) < 4.78 is 31.4. The highest BCUT2D eigenvalue weighted by Gasteiger charge is 2.41. The number of para-hydroxylation sites is 1. The van der Waals surface area contributed by atoms with Crippen molar-refractivity contribution >= 4 is 21.6 Å². The molecule has 30 heavy (non-hydrogen) atoms. The van der Waals surface area contributed by atoms with E-state index in [1.54, 1.807) is 6.92 Å². The Morgan fingerprint density at radius 2 is 1.63 bits per heavy atom. The van der Waals surface area contributed by atoms with Crippen molar-refractivity contribution in [3.05, 3.63) is 46.8 Å². The summed E-state index contributed by atoms with van der Waals surface area (Å²) in [6, 6.07) is 7.46. The first-order valence-corrected chi connectivity index (χ1v) is 12.3. The predicted octanol–water partition coefficient (Wildman–Crippen LogP) is 3.80. The van der Waals surface area contributed by atoms with Gasteiger partial charge in [0.15, 0.2) is 0 Å². The molecule has 0 N–H and O–H groups in total. The SMILES string of the molecule is Cc1c(C(=O)N2CCCCCC2)c(S(=O)(=O)N2c3ccccc3CC2C)c(C)n1C. The lowest BCUT2D eigenvalue weighted by Gasteiger charge is -2.26. The van der Waals surface area contributed by atoms with E-state index in [0.717, 1.165) is 36.9 Å². The molecule has 6 nitrogen and oxygen atoms in total. The lowest BCUT2D eigenvalue weighted by atomic mass is 10.1. The number of fused-ring (bicyclic) bond motifs is 1. The number of nitrogens with zero attached hydrogens (tertiary/aromatic N) is 3. The van der Waals surface area contributed by atoms with Crippen LogP contribution in [0.3, 0.4) is 0 Å². The van der Waals surface area contributed by atoms with Crippen LogP contribution >= 0.6 is 0 Å². The van der Waals surface area contributed by atoms with Crippen LogP contribution in [0.15, 0.2) is 29.2 Å². The van der Waals surface area contributed by atoms with Gasteiger partial charge in [-0.2, -0.15) is 0 Å². The van der Waals surface area contributed by atoms with Gasteiger partial charge in [0.05, 0.1) is 11.3 Å². The Bertz CT molecular complexity index is 1080. The molecular weight excluding hydrogens is 398 g/mol. The second kappa shape index (κ2) is 7.76. The number of hydrogen-bond acceptors (Lipinski definition) is 3. The standard InChI is InChI=1S/C23H31N3O3S/c1-16-15-19-11-7-8-12-20(19)26(16)30(28,29)22-18(3)24(4)17(2)21(22)23(27)25-13-9-5-6-10-14-25/h7-8,11-12,16H,5-6,9-10,13-15H2,1-4H3. The van der Waals surface area contributed by atoms with Crippen molar-refractivity contribution in [3.8, 4) is 0 Å². The number of sulfonamides is 1. The van der Waals surface area contributed by atoms with E-state index < -0.39 is 10.0 Å². The number of aromatic nitrogens is 1. The monoisotopic (exact) mass is 429 g/mol. The first kappa shape index (κ1) is 21.0. The number of rotatable bonds is 3. The van der Waals surface area contributed by atoms with Gasteiger partial charge in [-0.05, 0) is 51.7 Å². The van der Waals surface area contributed by atoms with Crippen LogP contribution in [-0.2, 0) is 23.5 Å². The number of amides is 1. The van der Waals surface area contributed by atoms with E-state index in [9.17, 15) is 13.2 Å². The zero-order valence-electron chi connectivity index (χ0n) is 18.3. The summed E-state index contributed by atoms with van der Waals surface area (Å²) in [4.78, 5) is 15.6. The Hall–Kier alpha value is -2.28. The van der Waals surface area contributed by atoms with Crippen LogP contribution in [0.1, 0.15) is 59.9 Å². The summed E-state index contributed by atoms with van der Waals surface area (Å²) in [5.74, 6) is -0.156. The summed E-state index contributed by atoms with van der Waals surface area (Å²) in [6.45, 7) is 6.95. The Kier molecular flexibility index (Phi) is 5.43. The molecule has 162 valence electrons. The quantitative estimate of drug-likeness (QED) is 0.746. The van der Waals surface area contributed by atoms with E-state index in [4.69, 9.17) is 0 Å². The average molecular weight is 430 g/mol. The maximum Gasteiger partial charge on any atom is 0.267 e. The van der Waals surface area contributed by atoms with Crippen LogP contribution in [0.25, 0.3) is 0 Å². The van der Waals surface area contributed by atoms with E-state index >= 15 is 0 Å². The first-order chi connectivity index (χ1) is 14.2. The molecule has 1 aromatic heterocycles. The van der Waals surface area contributed by atoms with E-state index in [1.807, 2.05) is 54.6 Å². The highest BCUT2D eigenvalue weighted by molar-refractivity contribution is 7.93. The van der Waals surface area contributed by atoms with E-state index in [-0.39, 0.29) is 16.8 Å². The number of likely N-dealkylation sites (tertiary alicyclic amines) is 1. The van der Waals surface area contributed by atoms with Gasteiger partial charge in [-0.1, -0.05) is 31.0 Å². The fourth-order valence-corrected chi connectivity index (χ4v) is 7.10. The highest BCUT2D eigenvalue weighted by atomic mass is 32.2. The van der Waals surface area contributed by atoms with Gasteiger partial charge in [0.1, 0.15) is 4.90 Å². The topological polar surface area (TPSA) is 62.6 Å². The minimum absolute atomic E-state index is 0.156. The summed E-state index contributed by atoms with van der Waals surface area (Å²) in [6.07, 6.45) is 4.84. The minimum Gasteiger partial charge on any atom is -0.350 e. The molecule has 2 aromatic rings. The van der Waals surface area contributed by atoms with Crippen molar-refractivity contribution in [2.24, 2.45) is 7.05 Å². The lowest BCUT2D eigenvalue weighted by molar-refractivity contribution is 0.0757. The van der Waals surface area contributed by atoms with Crippen LogP contribution in [0.2, 0.25) is 0 Å². The third-order valence-corrected chi connectivity index (χ3v) is 8.78. The summed E-state index contributed by atoms with van der Waals surface area (Å²) in [5, 5.41) is 0. The van der Waals surface area contributed by atoms with Crippen molar-refractivity contribution in [1.82, 2.24) is 9.47 Å². The van der Waals surface area contributed by atoms with Crippen LogP contribution < -0.4 is 4.31 Å². The molecule has 1 unspecified atom stereocenters. The van der Waals surface area contributed by atoms with Crippen molar-refractivity contribution < 1.29 is 13.2 Å². The molecule has 1 saturated heterocycles. The maximum absolute atomic E-state index is 14.0. The second-order valence-corrected chi connectivity index (χ2v) is 10.4. The molecule has 4 rings (SSSR count). The second-order valence-electron chi connectivity index (χ2n) is 8.62. The fourth-order valence-electron chi connectivity index (χ4n) is 4.92. The molecular formula is C23H31N3O3S. The summed E-state index contributed by atoms with van der Waals surface area (Å²) >= 11 is 0. The zero-order valence-corrected chi connectivity index (χ0v) is 19.1. The van der Waals surface area contributed by atoms with E-state index in [2.05, 4.69) is 0 Å². The van der Waals surface area contributed by atoms with Gasteiger partial charge in [0.2, 0.25) is 0 Å². The number of anilines is 1. The maximum atomic E-state index is 14.0. The molecule has 0 spiro atoms. The Morgan fingerprint density at radius 3 is 2.30 bits per heavy atom. The first-order valence-electron chi connectivity index (χ1n) is 10.8. The van der Waals surface area contributed by atoms with Crippen molar-refractivity contribution in [2.75, 3.05) is 17.4 Å². The van der Waals surface area contributed by atoms with Crippen LogP contribution in [-0.4, -0.2) is 42.9 Å². The molecule has 7 heteroatoms. The van der Waals surface area contributed by atoms with Gasteiger partial charge in [-0.25, -0.2) is 8.42 Å². The Balaban J connectivity index is 1.85. The van der Waals surface area contributed by atoms with Gasteiger partial charge in [0, 0.05) is 37.6 Å². The molecule has 0 radical (unpaired) electrons. The molecule has 1 amide bonds. The smallest absolute Gasteiger partial charge is 0.267 e. The van der Waals surface area contributed by atoms with Crippen LogP contribution in [0.5, 0.6) is 0 Å². The van der Waals surface area contributed by atoms with Gasteiger partial charge >= 0.3 is 0 Å². The highest BCUT2D eigenvalue weighted by Crippen LogP contribution is 2.39. The molecule has 2 aliphatic rings. The predicted molar refractivity (Wildman–Crippen MR) is 119 cm³/mol. The molecule has 0 bridgehead atoms. The molecule has 1 atom stereocenters. The molecule has 1 fully saturated rings. The van der Waals surface area contributed by atoms with Crippen LogP contribution in [0.4, 0.5) is 5.69 Å². The molecule has 3 heterocycles. The molecule has 0 aliphatic carbocycles. The number of carbonyl (C=O) groups excluding carboxylic acids is 1. The Morgan fingerprint density at radius 1 is 1.00 bits per heavy atom. The fraction of sp³-hybridized carbons (Fsp3) is 0.522. The number of carbonyl (C=O) groups is 1. The third kappa shape index (κ3) is 3.23. The van der Waals surface area contributed by atoms with Gasteiger partial charge in [0.25, 0.3) is 15.9 Å². The van der Waals surface area contributed by atoms with E-state index in [0.29, 0.717) is 36.5 Å². The average Bonchev–Trinajstić information content (AvgIpc) is 3.01. The normalized spacial score (nSPS) is 19.7. The van der Waals surface area contributed by atoms with E-state index in [1.165, 1.54) is 4.31 Å². The van der Waals surface area contributed by atoms with Crippen LogP contribution in [0, 0.1) is 13.8 Å². The third-order valence-electron chi connectivity index (χ3n) is 6.69. The lowest BCUT2D eigenvalue weighted by Crippen LogP contribution is -2.38. The zero-order chi connectivity index (χ0) is 21.6. The molecule has 0 saturated carbocycles. The minimum atomic E-state index is -3.89. The number of benzene rings is 1. The molecule has 1 aromatic carbocycles. The van der Waals surface area contributed by atoms with Gasteiger partial charge < -0.3 is 9.47 Å². The Labute approximate surface area is 179 Å². The largest absolute Gasteiger partial charge is 0.350 e. The summed E-state index contributed by atoms with van der Waals surface area (Å²) in [7, 11) is -2.05. The van der Waals surface area contributed by atoms with Gasteiger partial charge in [-0.3, -0.25) is 9.10 Å². The van der Waals surface area contributed by atoms with Gasteiger partial charge in [-0.15, -0.1) is 0 Å².